The normalized spacial score (nSPS) is 11.2. The number of benzene rings is 2. The van der Waals surface area contributed by atoms with Gasteiger partial charge in [-0.1, -0.05) is 12.1 Å². The first-order valence-electron chi connectivity index (χ1n) is 9.62. The SMILES string of the molecule is CCOc1ccccc1-c1nc(CC(=O)Nc2cc(C(F)(F)F)ccc2NC(C)=O)cs1. The van der Waals surface area contributed by atoms with Crippen molar-refractivity contribution in [3.05, 3.63) is 59.1 Å². The highest BCUT2D eigenvalue weighted by atomic mass is 32.1. The second-order valence-corrected chi connectivity index (χ2v) is 7.60. The number of ether oxygens (including phenoxy) is 1. The fraction of sp³-hybridized carbons (Fsp3) is 0.227. The Bertz CT molecular complexity index is 1130. The topological polar surface area (TPSA) is 80.3 Å². The zero-order valence-corrected chi connectivity index (χ0v) is 18.1. The van der Waals surface area contributed by atoms with Gasteiger partial charge < -0.3 is 15.4 Å². The van der Waals surface area contributed by atoms with E-state index in [-0.39, 0.29) is 17.8 Å². The predicted molar refractivity (Wildman–Crippen MR) is 117 cm³/mol. The lowest BCUT2D eigenvalue weighted by Crippen LogP contribution is -2.18. The van der Waals surface area contributed by atoms with Crippen LogP contribution in [0.15, 0.2) is 47.8 Å². The Morgan fingerprint density at radius 3 is 2.53 bits per heavy atom. The Morgan fingerprint density at radius 1 is 1.09 bits per heavy atom. The van der Waals surface area contributed by atoms with Crippen molar-refractivity contribution in [2.75, 3.05) is 17.2 Å². The molecule has 2 amide bonds. The molecule has 1 aromatic heterocycles. The average molecular weight is 463 g/mol. The van der Waals surface area contributed by atoms with Gasteiger partial charge >= 0.3 is 6.18 Å². The summed E-state index contributed by atoms with van der Waals surface area (Å²) in [4.78, 5) is 28.4. The smallest absolute Gasteiger partial charge is 0.416 e. The number of hydrogen-bond donors (Lipinski definition) is 2. The van der Waals surface area contributed by atoms with Gasteiger partial charge in [-0.05, 0) is 37.3 Å². The molecule has 0 unspecified atom stereocenters. The molecular formula is C22H20F3N3O3S. The van der Waals surface area contributed by atoms with Gasteiger partial charge in [0.2, 0.25) is 11.8 Å². The van der Waals surface area contributed by atoms with E-state index in [4.69, 9.17) is 4.74 Å². The molecule has 3 rings (SSSR count). The van der Waals surface area contributed by atoms with Crippen LogP contribution in [-0.4, -0.2) is 23.4 Å². The predicted octanol–water partition coefficient (Wildman–Crippen LogP) is 5.37. The maximum Gasteiger partial charge on any atom is 0.416 e. The summed E-state index contributed by atoms with van der Waals surface area (Å²) in [6.45, 7) is 3.59. The molecule has 2 N–H and O–H groups in total. The van der Waals surface area contributed by atoms with Gasteiger partial charge in [-0.15, -0.1) is 11.3 Å². The van der Waals surface area contributed by atoms with Gasteiger partial charge in [0.1, 0.15) is 10.8 Å². The minimum atomic E-state index is -4.59. The van der Waals surface area contributed by atoms with Gasteiger partial charge in [-0.2, -0.15) is 13.2 Å². The molecular weight excluding hydrogens is 443 g/mol. The summed E-state index contributed by atoms with van der Waals surface area (Å²) in [5.41, 5.74) is 0.240. The van der Waals surface area contributed by atoms with E-state index in [2.05, 4.69) is 15.6 Å². The third kappa shape index (κ3) is 5.85. The van der Waals surface area contributed by atoms with Gasteiger partial charge in [0, 0.05) is 12.3 Å². The van der Waals surface area contributed by atoms with Crippen molar-refractivity contribution >= 4 is 34.5 Å². The molecule has 10 heteroatoms. The van der Waals surface area contributed by atoms with Crippen molar-refractivity contribution in [2.24, 2.45) is 0 Å². The van der Waals surface area contributed by atoms with Crippen molar-refractivity contribution in [3.63, 3.8) is 0 Å². The summed E-state index contributed by atoms with van der Waals surface area (Å²) in [6, 6.07) is 10.1. The van der Waals surface area contributed by atoms with Crippen LogP contribution in [0.4, 0.5) is 24.5 Å². The maximum atomic E-state index is 13.1. The third-order valence-corrected chi connectivity index (χ3v) is 5.17. The number of para-hydroxylation sites is 1. The van der Waals surface area contributed by atoms with Crippen molar-refractivity contribution < 1.29 is 27.5 Å². The average Bonchev–Trinajstić information content (AvgIpc) is 3.17. The Morgan fingerprint density at radius 2 is 1.84 bits per heavy atom. The summed E-state index contributed by atoms with van der Waals surface area (Å²) in [5, 5.41) is 7.23. The number of nitrogens with one attached hydrogen (secondary N) is 2. The first-order valence-corrected chi connectivity index (χ1v) is 10.5. The molecule has 0 radical (unpaired) electrons. The lowest BCUT2D eigenvalue weighted by atomic mass is 10.1. The molecule has 0 saturated carbocycles. The molecule has 6 nitrogen and oxygen atoms in total. The fourth-order valence-electron chi connectivity index (χ4n) is 2.92. The van der Waals surface area contributed by atoms with E-state index < -0.39 is 23.6 Å². The van der Waals surface area contributed by atoms with Crippen LogP contribution in [-0.2, 0) is 22.2 Å². The standard InChI is InChI=1S/C22H20F3N3O3S/c1-3-31-19-7-5-4-6-16(19)21-27-15(12-32-21)11-20(30)28-18-10-14(22(23,24)25)8-9-17(18)26-13(2)29/h4-10,12H,3,11H2,1-2H3,(H,26,29)(H,28,30). The Labute approximate surface area is 186 Å². The summed E-state index contributed by atoms with van der Waals surface area (Å²) < 4.78 is 44.8. The zero-order chi connectivity index (χ0) is 23.3. The summed E-state index contributed by atoms with van der Waals surface area (Å²) in [5.74, 6) is -0.368. The quantitative estimate of drug-likeness (QED) is 0.494. The number of nitrogens with zero attached hydrogens (tertiary/aromatic N) is 1. The summed E-state index contributed by atoms with van der Waals surface area (Å²) in [7, 11) is 0. The van der Waals surface area contributed by atoms with Crippen LogP contribution in [0.25, 0.3) is 10.6 Å². The number of rotatable bonds is 7. The van der Waals surface area contributed by atoms with Crippen molar-refractivity contribution in [3.8, 4) is 16.3 Å². The molecule has 3 aromatic rings. The second-order valence-electron chi connectivity index (χ2n) is 6.74. The van der Waals surface area contributed by atoms with Gasteiger partial charge in [-0.3, -0.25) is 9.59 Å². The number of aromatic nitrogens is 1. The van der Waals surface area contributed by atoms with E-state index in [1.54, 1.807) is 5.38 Å². The van der Waals surface area contributed by atoms with E-state index in [1.807, 2.05) is 31.2 Å². The van der Waals surface area contributed by atoms with Crippen molar-refractivity contribution in [2.45, 2.75) is 26.4 Å². The van der Waals surface area contributed by atoms with E-state index in [0.29, 0.717) is 23.1 Å². The van der Waals surface area contributed by atoms with Crippen LogP contribution in [0.5, 0.6) is 5.75 Å². The lowest BCUT2D eigenvalue weighted by Gasteiger charge is -2.14. The number of anilines is 2. The van der Waals surface area contributed by atoms with E-state index >= 15 is 0 Å². The van der Waals surface area contributed by atoms with Crippen LogP contribution in [0.3, 0.4) is 0 Å². The molecule has 0 fully saturated rings. The molecule has 32 heavy (non-hydrogen) atoms. The summed E-state index contributed by atoms with van der Waals surface area (Å²) >= 11 is 1.33. The van der Waals surface area contributed by atoms with Crippen molar-refractivity contribution in [1.82, 2.24) is 4.98 Å². The summed E-state index contributed by atoms with van der Waals surface area (Å²) in [6.07, 6.45) is -4.74. The highest BCUT2D eigenvalue weighted by molar-refractivity contribution is 7.13. The van der Waals surface area contributed by atoms with Crippen LogP contribution in [0.2, 0.25) is 0 Å². The minimum Gasteiger partial charge on any atom is -0.493 e. The molecule has 0 aliphatic carbocycles. The van der Waals surface area contributed by atoms with E-state index in [0.717, 1.165) is 23.8 Å². The van der Waals surface area contributed by atoms with Crippen molar-refractivity contribution in [1.29, 1.82) is 0 Å². The Kier molecular flexibility index (Phi) is 7.14. The maximum absolute atomic E-state index is 13.1. The number of carbonyl (C=O) groups excluding carboxylic acids is 2. The highest BCUT2D eigenvalue weighted by Gasteiger charge is 2.31. The molecule has 0 spiro atoms. The van der Waals surface area contributed by atoms with Gasteiger partial charge in [0.25, 0.3) is 0 Å². The molecule has 2 aromatic carbocycles. The number of thiazole rings is 1. The molecule has 1 heterocycles. The molecule has 168 valence electrons. The highest BCUT2D eigenvalue weighted by Crippen LogP contribution is 2.35. The van der Waals surface area contributed by atoms with Crippen LogP contribution < -0.4 is 15.4 Å². The van der Waals surface area contributed by atoms with Gasteiger partial charge in [0.15, 0.2) is 0 Å². The van der Waals surface area contributed by atoms with E-state index in [1.165, 1.54) is 18.3 Å². The number of carbonyl (C=O) groups is 2. The molecule has 0 aliphatic heterocycles. The largest absolute Gasteiger partial charge is 0.493 e. The van der Waals surface area contributed by atoms with Crippen LogP contribution >= 0.6 is 11.3 Å². The zero-order valence-electron chi connectivity index (χ0n) is 17.2. The lowest BCUT2D eigenvalue weighted by molar-refractivity contribution is -0.137. The van der Waals surface area contributed by atoms with E-state index in [9.17, 15) is 22.8 Å². The van der Waals surface area contributed by atoms with Crippen LogP contribution in [0, 0.1) is 0 Å². The van der Waals surface area contributed by atoms with Crippen LogP contribution in [0.1, 0.15) is 25.1 Å². The third-order valence-electron chi connectivity index (χ3n) is 4.24. The first-order chi connectivity index (χ1) is 15.2. The number of hydrogen-bond acceptors (Lipinski definition) is 5. The molecule has 0 bridgehead atoms. The van der Waals surface area contributed by atoms with Gasteiger partial charge in [-0.25, -0.2) is 4.98 Å². The number of amides is 2. The fourth-order valence-corrected chi connectivity index (χ4v) is 3.77. The number of halogens is 3. The Hall–Kier alpha value is -3.40. The molecule has 0 aliphatic rings. The number of alkyl halides is 3. The Balaban J connectivity index is 1.79. The molecule has 0 atom stereocenters. The first kappa shape index (κ1) is 23.3. The second kappa shape index (κ2) is 9.82. The minimum absolute atomic E-state index is 0.0726. The monoisotopic (exact) mass is 463 g/mol. The van der Waals surface area contributed by atoms with Gasteiger partial charge in [0.05, 0.1) is 41.2 Å². The molecule has 0 saturated heterocycles.